The molecule has 0 N–H and O–H groups in total. The lowest BCUT2D eigenvalue weighted by atomic mass is 9.99. The summed E-state index contributed by atoms with van der Waals surface area (Å²) in [5, 5.41) is 0. The van der Waals surface area contributed by atoms with Crippen LogP contribution in [0.1, 0.15) is 17.9 Å². The first-order valence-electron chi connectivity index (χ1n) is 7.66. The second-order valence-electron chi connectivity index (χ2n) is 6.11. The van der Waals surface area contributed by atoms with E-state index in [2.05, 4.69) is 4.90 Å². The monoisotopic (exact) mass is 327 g/mol. The SMILES string of the molecule is CN1CCN(S(=O)(=O)N2CC[C@@H](c3ccc(F)cc3)C2)CC1. The third-order valence-corrected chi connectivity index (χ3v) is 6.61. The smallest absolute Gasteiger partial charge is 0.282 e. The topological polar surface area (TPSA) is 43.9 Å². The van der Waals surface area contributed by atoms with Gasteiger partial charge in [0, 0.05) is 39.3 Å². The lowest BCUT2D eigenvalue weighted by molar-refractivity contribution is 0.214. The number of likely N-dealkylation sites (N-methyl/N-ethyl adjacent to an activating group) is 1. The van der Waals surface area contributed by atoms with Crippen LogP contribution in [0.25, 0.3) is 0 Å². The maximum Gasteiger partial charge on any atom is 0.282 e. The van der Waals surface area contributed by atoms with E-state index in [1.165, 1.54) is 12.1 Å². The molecule has 0 spiro atoms. The van der Waals surface area contributed by atoms with Gasteiger partial charge in [0.1, 0.15) is 5.82 Å². The van der Waals surface area contributed by atoms with Crippen LogP contribution in [0.5, 0.6) is 0 Å². The fourth-order valence-corrected chi connectivity index (χ4v) is 4.78. The first-order chi connectivity index (χ1) is 10.5. The Labute approximate surface area is 131 Å². The Balaban J connectivity index is 1.67. The van der Waals surface area contributed by atoms with E-state index in [9.17, 15) is 12.8 Å². The Morgan fingerprint density at radius 2 is 1.64 bits per heavy atom. The van der Waals surface area contributed by atoms with E-state index in [4.69, 9.17) is 0 Å². The molecule has 1 aromatic rings. The van der Waals surface area contributed by atoms with Crippen LogP contribution in [0.15, 0.2) is 24.3 Å². The van der Waals surface area contributed by atoms with Gasteiger partial charge in [-0.3, -0.25) is 0 Å². The average molecular weight is 327 g/mol. The number of halogens is 1. The van der Waals surface area contributed by atoms with E-state index in [1.807, 2.05) is 7.05 Å². The molecule has 122 valence electrons. The van der Waals surface area contributed by atoms with E-state index in [0.717, 1.165) is 25.1 Å². The predicted octanol–water partition coefficient (Wildman–Crippen LogP) is 1.11. The Morgan fingerprint density at radius 1 is 1.00 bits per heavy atom. The van der Waals surface area contributed by atoms with Crippen molar-refractivity contribution in [2.75, 3.05) is 46.3 Å². The van der Waals surface area contributed by atoms with Crippen molar-refractivity contribution in [2.45, 2.75) is 12.3 Å². The van der Waals surface area contributed by atoms with Crippen molar-refractivity contribution in [3.05, 3.63) is 35.6 Å². The van der Waals surface area contributed by atoms with Gasteiger partial charge >= 0.3 is 0 Å². The van der Waals surface area contributed by atoms with E-state index >= 15 is 0 Å². The van der Waals surface area contributed by atoms with Crippen molar-refractivity contribution in [1.29, 1.82) is 0 Å². The molecule has 1 aromatic carbocycles. The maximum absolute atomic E-state index is 13.0. The highest BCUT2D eigenvalue weighted by Gasteiger charge is 2.36. The molecule has 2 heterocycles. The summed E-state index contributed by atoms with van der Waals surface area (Å²) in [6, 6.07) is 6.39. The third kappa shape index (κ3) is 3.17. The Hall–Kier alpha value is -1.02. The zero-order chi connectivity index (χ0) is 15.7. The zero-order valence-corrected chi connectivity index (χ0v) is 13.6. The summed E-state index contributed by atoms with van der Waals surface area (Å²) in [5.74, 6) is -0.105. The number of hydrogen-bond donors (Lipinski definition) is 0. The van der Waals surface area contributed by atoms with Gasteiger partial charge in [-0.25, -0.2) is 4.39 Å². The molecule has 3 rings (SSSR count). The second-order valence-corrected chi connectivity index (χ2v) is 8.03. The van der Waals surface area contributed by atoms with Gasteiger partial charge in [0.05, 0.1) is 0 Å². The van der Waals surface area contributed by atoms with Crippen LogP contribution < -0.4 is 0 Å². The molecule has 0 bridgehead atoms. The van der Waals surface area contributed by atoms with Crippen LogP contribution >= 0.6 is 0 Å². The Kier molecular flexibility index (Phi) is 4.49. The Bertz CT molecular complexity index is 612. The molecular weight excluding hydrogens is 305 g/mol. The number of rotatable bonds is 3. The van der Waals surface area contributed by atoms with Crippen LogP contribution in [0, 0.1) is 5.82 Å². The molecule has 0 aromatic heterocycles. The number of hydrogen-bond acceptors (Lipinski definition) is 3. The van der Waals surface area contributed by atoms with Gasteiger partial charge < -0.3 is 4.90 Å². The Morgan fingerprint density at radius 3 is 2.27 bits per heavy atom. The fraction of sp³-hybridized carbons (Fsp3) is 0.600. The largest absolute Gasteiger partial charge is 0.304 e. The van der Waals surface area contributed by atoms with Gasteiger partial charge in [-0.1, -0.05) is 12.1 Å². The molecule has 7 heteroatoms. The minimum atomic E-state index is -3.37. The van der Waals surface area contributed by atoms with Crippen LogP contribution in [0.2, 0.25) is 0 Å². The molecule has 1 atom stereocenters. The molecule has 2 saturated heterocycles. The average Bonchev–Trinajstić information content (AvgIpc) is 2.99. The molecule has 0 unspecified atom stereocenters. The second kappa shape index (κ2) is 6.23. The molecule has 0 aliphatic carbocycles. The van der Waals surface area contributed by atoms with Crippen molar-refractivity contribution >= 4 is 10.2 Å². The van der Waals surface area contributed by atoms with Crippen molar-refractivity contribution in [3.63, 3.8) is 0 Å². The first kappa shape index (κ1) is 15.9. The molecule has 0 saturated carbocycles. The van der Waals surface area contributed by atoms with E-state index < -0.39 is 10.2 Å². The third-order valence-electron chi connectivity index (χ3n) is 4.61. The standard InChI is InChI=1S/C15H22FN3O2S/c1-17-8-10-18(11-9-17)22(20,21)19-7-6-14(12-19)13-2-4-15(16)5-3-13/h2-5,14H,6-12H2,1H3/t14-/m1/s1. The lowest BCUT2D eigenvalue weighted by Crippen LogP contribution is -2.51. The summed E-state index contributed by atoms with van der Waals surface area (Å²) in [5.41, 5.74) is 1.01. The highest BCUT2D eigenvalue weighted by atomic mass is 32.2. The van der Waals surface area contributed by atoms with Gasteiger partial charge in [0.25, 0.3) is 10.2 Å². The van der Waals surface area contributed by atoms with E-state index in [0.29, 0.717) is 26.2 Å². The molecule has 5 nitrogen and oxygen atoms in total. The van der Waals surface area contributed by atoms with E-state index in [1.54, 1.807) is 20.7 Å². The molecule has 0 amide bonds. The van der Waals surface area contributed by atoms with Gasteiger partial charge in [0.15, 0.2) is 0 Å². The summed E-state index contributed by atoms with van der Waals surface area (Å²) in [6.07, 6.45) is 0.790. The number of piperazine rings is 1. The van der Waals surface area contributed by atoms with Gasteiger partial charge in [-0.2, -0.15) is 17.0 Å². The minimum Gasteiger partial charge on any atom is -0.304 e. The van der Waals surface area contributed by atoms with Crippen LogP contribution in [0.4, 0.5) is 4.39 Å². The van der Waals surface area contributed by atoms with Crippen LogP contribution in [-0.4, -0.2) is 68.2 Å². The zero-order valence-electron chi connectivity index (χ0n) is 12.8. The number of benzene rings is 1. The maximum atomic E-state index is 13.0. The lowest BCUT2D eigenvalue weighted by Gasteiger charge is -2.34. The quantitative estimate of drug-likeness (QED) is 0.835. The van der Waals surface area contributed by atoms with Crippen molar-refractivity contribution in [3.8, 4) is 0 Å². The highest BCUT2D eigenvalue weighted by molar-refractivity contribution is 7.86. The normalized spacial score (nSPS) is 25.6. The highest BCUT2D eigenvalue weighted by Crippen LogP contribution is 2.30. The number of nitrogens with zero attached hydrogens (tertiary/aromatic N) is 3. The summed E-state index contributed by atoms with van der Waals surface area (Å²) < 4.78 is 41.6. The van der Waals surface area contributed by atoms with Crippen molar-refractivity contribution in [2.24, 2.45) is 0 Å². The van der Waals surface area contributed by atoms with Gasteiger partial charge in [-0.15, -0.1) is 0 Å². The van der Waals surface area contributed by atoms with Crippen molar-refractivity contribution in [1.82, 2.24) is 13.5 Å². The van der Waals surface area contributed by atoms with E-state index in [-0.39, 0.29) is 11.7 Å². The first-order valence-corrected chi connectivity index (χ1v) is 9.06. The van der Waals surface area contributed by atoms with Crippen LogP contribution in [0.3, 0.4) is 0 Å². The summed E-state index contributed by atoms with van der Waals surface area (Å²) in [6.45, 7) is 3.67. The molecular formula is C15H22FN3O2S. The summed E-state index contributed by atoms with van der Waals surface area (Å²) >= 11 is 0. The molecule has 22 heavy (non-hydrogen) atoms. The molecule has 2 aliphatic heterocycles. The van der Waals surface area contributed by atoms with Gasteiger partial charge in [-0.05, 0) is 37.1 Å². The van der Waals surface area contributed by atoms with Crippen molar-refractivity contribution < 1.29 is 12.8 Å². The van der Waals surface area contributed by atoms with Gasteiger partial charge in [0.2, 0.25) is 0 Å². The summed E-state index contributed by atoms with van der Waals surface area (Å²) in [4.78, 5) is 2.14. The van der Waals surface area contributed by atoms with Crippen LogP contribution in [-0.2, 0) is 10.2 Å². The molecule has 2 fully saturated rings. The molecule has 0 radical (unpaired) electrons. The minimum absolute atomic E-state index is 0.155. The molecule has 2 aliphatic rings. The summed E-state index contributed by atoms with van der Waals surface area (Å²) in [7, 11) is -1.36. The predicted molar refractivity (Wildman–Crippen MR) is 83.3 cm³/mol. The fourth-order valence-electron chi connectivity index (χ4n) is 3.13.